The smallest absolute Gasteiger partial charge is 0.333 e. The molecule has 0 atom stereocenters. The van der Waals surface area contributed by atoms with Crippen molar-refractivity contribution in [1.82, 2.24) is 14.4 Å². The number of aromatic nitrogens is 1. The summed E-state index contributed by atoms with van der Waals surface area (Å²) >= 11 is 6.09. The van der Waals surface area contributed by atoms with Crippen molar-refractivity contribution in [2.24, 2.45) is 0 Å². The zero-order chi connectivity index (χ0) is 23.9. The van der Waals surface area contributed by atoms with Gasteiger partial charge < -0.3 is 9.30 Å². The Labute approximate surface area is 196 Å². The van der Waals surface area contributed by atoms with Crippen molar-refractivity contribution < 1.29 is 19.1 Å². The quantitative estimate of drug-likeness (QED) is 0.413. The number of fused-ring (bicyclic) bond motifs is 1. The Balaban J connectivity index is 1.68. The Morgan fingerprint density at radius 1 is 0.970 bits per heavy atom. The van der Waals surface area contributed by atoms with Crippen LogP contribution in [0.2, 0.25) is 5.02 Å². The van der Waals surface area contributed by atoms with Crippen LogP contribution in [0.25, 0.3) is 17.0 Å². The zero-order valence-corrected chi connectivity index (χ0v) is 19.6. The number of carbonyl (C=O) groups is 3. The molecule has 7 nitrogen and oxygen atoms in total. The first-order chi connectivity index (χ1) is 15.7. The average Bonchev–Trinajstić information content (AvgIpc) is 3.07. The number of halogens is 1. The van der Waals surface area contributed by atoms with Crippen molar-refractivity contribution in [2.45, 2.75) is 20.4 Å². The maximum atomic E-state index is 12.7. The minimum absolute atomic E-state index is 0.0431. The fourth-order valence-corrected chi connectivity index (χ4v) is 4.13. The van der Waals surface area contributed by atoms with E-state index in [9.17, 15) is 14.4 Å². The summed E-state index contributed by atoms with van der Waals surface area (Å²) in [4.78, 5) is 39.3. The van der Waals surface area contributed by atoms with E-state index in [1.165, 1.54) is 14.1 Å². The Hall–Kier alpha value is -3.58. The van der Waals surface area contributed by atoms with E-state index in [0.717, 1.165) is 43.3 Å². The summed E-state index contributed by atoms with van der Waals surface area (Å²) in [7, 11) is 2.74. The van der Waals surface area contributed by atoms with Crippen LogP contribution in [0.15, 0.2) is 48.0 Å². The van der Waals surface area contributed by atoms with Gasteiger partial charge in [-0.05, 0) is 49.8 Å². The highest BCUT2D eigenvalue weighted by Crippen LogP contribution is 2.30. The first-order valence-corrected chi connectivity index (χ1v) is 10.9. The highest BCUT2D eigenvalue weighted by atomic mass is 35.5. The molecule has 0 N–H and O–H groups in total. The van der Waals surface area contributed by atoms with Gasteiger partial charge >= 0.3 is 6.03 Å². The molecule has 0 unspecified atom stereocenters. The fourth-order valence-electron chi connectivity index (χ4n) is 4.01. The third-order valence-electron chi connectivity index (χ3n) is 5.93. The third-order valence-corrected chi connectivity index (χ3v) is 6.35. The number of para-hydroxylation sites is 1. The van der Waals surface area contributed by atoms with Gasteiger partial charge in [-0.3, -0.25) is 19.4 Å². The molecular weight excluding hydrogens is 442 g/mol. The van der Waals surface area contributed by atoms with Crippen LogP contribution in [0.3, 0.4) is 0 Å². The lowest BCUT2D eigenvalue weighted by Gasteiger charge is -2.28. The van der Waals surface area contributed by atoms with Crippen LogP contribution in [-0.4, -0.2) is 52.9 Å². The molecule has 1 saturated heterocycles. The number of benzene rings is 2. The molecule has 4 amide bonds. The lowest BCUT2D eigenvalue weighted by molar-refractivity contribution is -0.134. The summed E-state index contributed by atoms with van der Waals surface area (Å²) in [6.45, 7) is 4.86. The van der Waals surface area contributed by atoms with Crippen LogP contribution >= 0.6 is 11.6 Å². The van der Waals surface area contributed by atoms with Crippen LogP contribution in [0, 0.1) is 13.8 Å². The average molecular weight is 466 g/mol. The summed E-state index contributed by atoms with van der Waals surface area (Å²) < 4.78 is 8.03. The van der Waals surface area contributed by atoms with Crippen molar-refractivity contribution in [3.05, 3.63) is 69.9 Å². The molecule has 0 radical (unpaired) electrons. The normalized spacial score (nSPS) is 14.5. The molecule has 0 aliphatic carbocycles. The van der Waals surface area contributed by atoms with Gasteiger partial charge in [0.15, 0.2) is 0 Å². The second-order valence-corrected chi connectivity index (χ2v) is 8.40. The molecule has 33 heavy (non-hydrogen) atoms. The van der Waals surface area contributed by atoms with Gasteiger partial charge in [-0.25, -0.2) is 4.79 Å². The van der Waals surface area contributed by atoms with Gasteiger partial charge in [0.1, 0.15) is 17.9 Å². The molecule has 1 aromatic heterocycles. The minimum Gasteiger partial charge on any atom is -0.492 e. The maximum Gasteiger partial charge on any atom is 0.333 e. The number of hydrogen-bond donors (Lipinski definition) is 0. The number of aryl methyl sites for hydroxylation is 1. The van der Waals surface area contributed by atoms with Gasteiger partial charge in [0.25, 0.3) is 11.8 Å². The molecule has 2 aromatic carbocycles. The SMILES string of the molecule is Cc1cc(OCCn2c(C)c(C=C3C(=O)N(C)C(=O)N(C)C3=O)c3ccccc32)ccc1Cl. The van der Waals surface area contributed by atoms with Crippen LogP contribution < -0.4 is 4.74 Å². The zero-order valence-electron chi connectivity index (χ0n) is 18.9. The number of barbiturate groups is 1. The third kappa shape index (κ3) is 4.00. The van der Waals surface area contributed by atoms with Gasteiger partial charge in [-0.15, -0.1) is 0 Å². The van der Waals surface area contributed by atoms with Gasteiger partial charge in [0.2, 0.25) is 0 Å². The molecular formula is C25H24ClN3O4. The summed E-state index contributed by atoms with van der Waals surface area (Å²) in [5, 5.41) is 1.60. The highest BCUT2D eigenvalue weighted by molar-refractivity contribution is 6.31. The largest absolute Gasteiger partial charge is 0.492 e. The standard InChI is InChI=1S/C25H24ClN3O4/c1-15-13-17(9-10-21(15)26)33-12-11-29-16(2)19(18-7-5-6-8-22(18)29)14-20-23(30)27(3)25(32)28(4)24(20)31/h5-10,13-14H,11-12H2,1-4H3. The molecule has 1 aliphatic heterocycles. The lowest BCUT2D eigenvalue weighted by Crippen LogP contribution is -2.52. The van der Waals surface area contributed by atoms with Crippen LogP contribution in [0.4, 0.5) is 4.79 Å². The minimum atomic E-state index is -0.643. The second kappa shape index (κ2) is 8.75. The molecule has 1 aliphatic rings. The monoisotopic (exact) mass is 465 g/mol. The molecule has 0 spiro atoms. The van der Waals surface area contributed by atoms with Gasteiger partial charge in [-0.2, -0.15) is 0 Å². The molecule has 1 fully saturated rings. The summed E-state index contributed by atoms with van der Waals surface area (Å²) in [5.41, 5.74) is 3.52. The molecule has 8 heteroatoms. The van der Waals surface area contributed by atoms with Crippen molar-refractivity contribution in [3.63, 3.8) is 0 Å². The number of rotatable bonds is 5. The number of urea groups is 1. The summed E-state index contributed by atoms with van der Waals surface area (Å²) in [6.07, 6.45) is 1.59. The topological polar surface area (TPSA) is 71.8 Å². The van der Waals surface area contributed by atoms with Crippen LogP contribution in [0.1, 0.15) is 16.8 Å². The predicted octanol–water partition coefficient (Wildman–Crippen LogP) is 4.42. The van der Waals surface area contributed by atoms with Crippen LogP contribution in [-0.2, 0) is 16.1 Å². The molecule has 2 heterocycles. The van der Waals surface area contributed by atoms with E-state index in [2.05, 4.69) is 4.57 Å². The van der Waals surface area contributed by atoms with Crippen molar-refractivity contribution in [2.75, 3.05) is 20.7 Å². The first kappa shape index (κ1) is 22.6. The lowest BCUT2D eigenvalue weighted by atomic mass is 10.0. The van der Waals surface area contributed by atoms with E-state index >= 15 is 0 Å². The van der Waals surface area contributed by atoms with E-state index in [1.54, 1.807) is 6.08 Å². The van der Waals surface area contributed by atoms with Gasteiger partial charge in [0.05, 0.1) is 6.54 Å². The van der Waals surface area contributed by atoms with Gasteiger partial charge in [-0.1, -0.05) is 29.8 Å². The summed E-state index contributed by atoms with van der Waals surface area (Å²) in [6, 6.07) is 12.7. The first-order valence-electron chi connectivity index (χ1n) is 10.5. The van der Waals surface area contributed by atoms with Crippen LogP contribution in [0.5, 0.6) is 5.75 Å². The van der Waals surface area contributed by atoms with Crippen molar-refractivity contribution >= 4 is 46.4 Å². The maximum absolute atomic E-state index is 12.7. The Morgan fingerprint density at radius 3 is 2.30 bits per heavy atom. The van der Waals surface area contributed by atoms with E-state index < -0.39 is 17.8 Å². The van der Waals surface area contributed by atoms with E-state index in [1.807, 2.05) is 56.3 Å². The van der Waals surface area contributed by atoms with E-state index in [-0.39, 0.29) is 5.57 Å². The number of amides is 4. The molecule has 170 valence electrons. The Morgan fingerprint density at radius 2 is 1.64 bits per heavy atom. The molecule has 3 aromatic rings. The van der Waals surface area contributed by atoms with Gasteiger partial charge in [0, 0.05) is 41.3 Å². The fraction of sp³-hybridized carbons (Fsp3) is 0.240. The van der Waals surface area contributed by atoms with Crippen molar-refractivity contribution in [3.8, 4) is 5.75 Å². The number of likely N-dealkylation sites (N-methyl/N-ethyl adjacent to an activating group) is 2. The number of nitrogens with zero attached hydrogens (tertiary/aromatic N) is 3. The number of imide groups is 2. The Bertz CT molecular complexity index is 1300. The van der Waals surface area contributed by atoms with E-state index in [0.29, 0.717) is 18.2 Å². The predicted molar refractivity (Wildman–Crippen MR) is 127 cm³/mol. The highest BCUT2D eigenvalue weighted by Gasteiger charge is 2.38. The van der Waals surface area contributed by atoms with Crippen molar-refractivity contribution in [1.29, 1.82) is 0 Å². The molecule has 0 bridgehead atoms. The molecule has 4 rings (SSSR count). The number of ether oxygens (including phenoxy) is 1. The molecule has 0 saturated carbocycles. The summed E-state index contributed by atoms with van der Waals surface area (Å²) in [5.74, 6) is -0.482. The second-order valence-electron chi connectivity index (χ2n) is 8.00. The Kier molecular flexibility index (Phi) is 5.99. The number of hydrogen-bond acceptors (Lipinski definition) is 4. The number of carbonyl (C=O) groups excluding carboxylic acids is 3. The van der Waals surface area contributed by atoms with E-state index in [4.69, 9.17) is 16.3 Å².